The highest BCUT2D eigenvalue weighted by atomic mass is 35.5. The number of piperazine rings is 1. The second-order valence-corrected chi connectivity index (χ2v) is 15.8. The molecular weight excluding hydrogens is 797 g/mol. The molecule has 0 radical (unpaired) electrons. The molecule has 3 aliphatic rings. The number of amides is 4. The Morgan fingerprint density at radius 1 is 1.03 bits per heavy atom. The summed E-state index contributed by atoms with van der Waals surface area (Å²) in [6.45, 7) is 9.78. The normalized spacial score (nSPS) is 21.5. The molecule has 3 aromatic rings. The Morgan fingerprint density at radius 3 is 2.38 bits per heavy atom. The fourth-order valence-electron chi connectivity index (χ4n) is 7.54. The topological polar surface area (TPSA) is 150 Å². The van der Waals surface area contributed by atoms with Crippen LogP contribution in [0.25, 0.3) is 0 Å². The Balaban J connectivity index is 1.01. The van der Waals surface area contributed by atoms with E-state index in [1.165, 1.54) is 11.0 Å². The number of nitriles is 1. The summed E-state index contributed by atoms with van der Waals surface area (Å²) in [6, 6.07) is 16.1. The Bertz CT molecular complexity index is 2170. The number of carbonyl (C=O) groups excluding carboxylic acids is 4. The minimum atomic E-state index is -4.81. The molecule has 18 heteroatoms. The number of carbonyl (C=O) groups is 4. The highest BCUT2D eigenvalue weighted by Gasteiger charge is 2.51. The lowest BCUT2D eigenvalue weighted by atomic mass is 10.0. The van der Waals surface area contributed by atoms with Gasteiger partial charge in [-0.05, 0) is 101 Å². The summed E-state index contributed by atoms with van der Waals surface area (Å²) in [5.41, 5.74) is -1.46. The number of hydrogen-bond acceptors (Lipinski definition) is 10. The summed E-state index contributed by atoms with van der Waals surface area (Å²) in [7, 11) is 0. The van der Waals surface area contributed by atoms with E-state index in [2.05, 4.69) is 39.6 Å². The van der Waals surface area contributed by atoms with Crippen LogP contribution in [0, 0.1) is 11.3 Å². The number of nitrogens with zero attached hydrogens (tertiary/aromatic N) is 5. The zero-order valence-electron chi connectivity index (χ0n) is 32.2. The van der Waals surface area contributed by atoms with Crippen LogP contribution >= 0.6 is 23.8 Å². The summed E-state index contributed by atoms with van der Waals surface area (Å²) >= 11 is 12.3. The van der Waals surface area contributed by atoms with E-state index < -0.39 is 34.8 Å². The molecule has 3 saturated heterocycles. The Labute approximate surface area is 344 Å². The second kappa shape index (κ2) is 16.9. The molecule has 6 rings (SSSR count). The molecule has 13 nitrogen and oxygen atoms in total. The first kappa shape index (κ1) is 42.3. The highest BCUT2D eigenvalue weighted by molar-refractivity contribution is 7.81. The van der Waals surface area contributed by atoms with Crippen molar-refractivity contribution in [1.29, 1.82) is 5.26 Å². The van der Waals surface area contributed by atoms with Gasteiger partial charge in [0.2, 0.25) is 17.7 Å². The summed E-state index contributed by atoms with van der Waals surface area (Å²) in [5, 5.41) is 17.8. The van der Waals surface area contributed by atoms with Crippen molar-refractivity contribution in [2.75, 3.05) is 53.2 Å². The average Bonchev–Trinajstić information content (AvgIpc) is 3.33. The molecule has 0 aromatic heterocycles. The molecule has 58 heavy (non-hydrogen) atoms. The van der Waals surface area contributed by atoms with Crippen LogP contribution in [0.4, 0.5) is 35.9 Å². The van der Waals surface area contributed by atoms with Crippen LogP contribution in [-0.4, -0.2) is 95.0 Å². The van der Waals surface area contributed by atoms with Crippen molar-refractivity contribution in [3.8, 4) is 11.8 Å². The Hall–Kier alpha value is -5.28. The predicted molar refractivity (Wildman–Crippen MR) is 217 cm³/mol. The molecule has 0 saturated carbocycles. The van der Waals surface area contributed by atoms with E-state index in [9.17, 15) is 37.6 Å². The van der Waals surface area contributed by atoms with Gasteiger partial charge in [0.05, 0.1) is 34.5 Å². The van der Waals surface area contributed by atoms with E-state index in [0.717, 1.165) is 17.0 Å². The van der Waals surface area contributed by atoms with E-state index in [0.29, 0.717) is 55.5 Å². The maximum Gasteiger partial charge on any atom is 0.417 e. The van der Waals surface area contributed by atoms with Crippen LogP contribution in [0.1, 0.15) is 51.7 Å². The summed E-state index contributed by atoms with van der Waals surface area (Å²) < 4.78 is 47.3. The first-order chi connectivity index (χ1) is 27.4. The van der Waals surface area contributed by atoms with E-state index in [4.69, 9.17) is 28.6 Å². The fourth-order valence-corrected chi connectivity index (χ4v) is 8.29. The number of ether oxygens (including phenoxy) is 1. The van der Waals surface area contributed by atoms with Crippen molar-refractivity contribution in [1.82, 2.24) is 15.1 Å². The van der Waals surface area contributed by atoms with Gasteiger partial charge in [-0.1, -0.05) is 17.7 Å². The average molecular weight is 839 g/mol. The number of benzene rings is 3. The lowest BCUT2D eigenvalue weighted by molar-refractivity contribution is -0.138. The smallest absolute Gasteiger partial charge is 0.417 e. The van der Waals surface area contributed by atoms with Gasteiger partial charge in [0.15, 0.2) is 5.11 Å². The van der Waals surface area contributed by atoms with Crippen molar-refractivity contribution < 1.29 is 37.1 Å². The lowest BCUT2D eigenvalue weighted by Gasteiger charge is -2.44. The summed E-state index contributed by atoms with van der Waals surface area (Å²) in [4.78, 5) is 57.3. The molecule has 0 aliphatic carbocycles. The number of anilines is 4. The maximum atomic E-state index is 13.7. The van der Waals surface area contributed by atoms with Crippen LogP contribution in [0.3, 0.4) is 0 Å². The summed E-state index contributed by atoms with van der Waals surface area (Å²) in [6.07, 6.45) is -4.17. The molecule has 3 fully saturated rings. The molecule has 3 aliphatic heterocycles. The number of rotatable bonds is 11. The van der Waals surface area contributed by atoms with Crippen LogP contribution in [0.5, 0.6) is 5.75 Å². The summed E-state index contributed by atoms with van der Waals surface area (Å²) in [5.74, 6) is -0.999. The first-order valence-corrected chi connectivity index (χ1v) is 19.4. The number of thiocarbonyl (C=S) groups is 1. The fraction of sp³-hybridized carbons (Fsp3) is 0.400. The van der Waals surface area contributed by atoms with E-state index in [1.807, 2.05) is 0 Å². The van der Waals surface area contributed by atoms with Crippen LogP contribution in [0.2, 0.25) is 5.02 Å². The highest BCUT2D eigenvalue weighted by Crippen LogP contribution is 2.41. The van der Waals surface area contributed by atoms with Gasteiger partial charge in [0.1, 0.15) is 23.9 Å². The molecule has 0 bridgehead atoms. The lowest BCUT2D eigenvalue weighted by Crippen LogP contribution is -2.58. The molecule has 306 valence electrons. The third-order valence-electron chi connectivity index (χ3n) is 10.4. The van der Waals surface area contributed by atoms with Crippen molar-refractivity contribution in [3.63, 3.8) is 0 Å². The van der Waals surface area contributed by atoms with E-state index in [-0.39, 0.29) is 58.6 Å². The van der Waals surface area contributed by atoms with Crippen LogP contribution in [-0.2, 0) is 25.4 Å². The molecule has 3 N–H and O–H groups in total. The van der Waals surface area contributed by atoms with Crippen molar-refractivity contribution in [3.05, 3.63) is 76.8 Å². The SMILES string of the molecule is C[C@@H]1CN(CCOc2ccc(N3C(=S)N(c4ccc(C#N)c(C(F)(F)F)c4)C(=O)C3(C)C)cc2Cl)C[C@H](C)N1CC(=O)Nc1cccc(NC2CCC(=O)NC2=O)c1. The van der Waals surface area contributed by atoms with Crippen molar-refractivity contribution in [2.24, 2.45) is 0 Å². The molecule has 3 atom stereocenters. The van der Waals surface area contributed by atoms with Gasteiger partial charge in [-0.3, -0.25) is 39.2 Å². The van der Waals surface area contributed by atoms with Crippen molar-refractivity contribution in [2.45, 2.75) is 70.4 Å². The maximum absolute atomic E-state index is 13.7. The van der Waals surface area contributed by atoms with Gasteiger partial charge in [0, 0.05) is 55.2 Å². The number of halogens is 4. The van der Waals surface area contributed by atoms with Gasteiger partial charge in [-0.15, -0.1) is 0 Å². The third kappa shape index (κ3) is 9.05. The standard InChI is InChI=1S/C40H42ClF3N8O5S/c1-23-20-49(21-24(2)50(23)22-35(54)47-27-7-5-6-26(16-27)46-32-11-13-34(53)48-36(32)55)14-15-57-33-12-10-29(18-31(33)41)52-38(58)51(37(56)39(52,3)4)28-9-8-25(19-45)30(17-28)40(42,43)44/h5-10,12,16-18,23-24,32,46H,11,13-15,20-22H2,1-4H3,(H,47,54)(H,48,53,55)/t23-,24+,32?. The number of piperidine rings is 1. The quantitative estimate of drug-likeness (QED) is 0.160. The van der Waals surface area contributed by atoms with Gasteiger partial charge >= 0.3 is 6.18 Å². The second-order valence-electron chi connectivity index (χ2n) is 15.0. The number of nitrogens with one attached hydrogen (secondary N) is 3. The number of hydrogen-bond donors (Lipinski definition) is 3. The van der Waals surface area contributed by atoms with Crippen LogP contribution < -0.4 is 30.5 Å². The molecule has 0 spiro atoms. The van der Waals surface area contributed by atoms with Crippen molar-refractivity contribution >= 4 is 75.3 Å². The van der Waals surface area contributed by atoms with Crippen LogP contribution in [0.15, 0.2) is 60.7 Å². The molecule has 4 amide bonds. The van der Waals surface area contributed by atoms with Gasteiger partial charge < -0.3 is 20.3 Å². The van der Waals surface area contributed by atoms with Gasteiger partial charge in [-0.2, -0.15) is 18.4 Å². The number of alkyl halides is 3. The Kier molecular flexibility index (Phi) is 12.3. The minimum absolute atomic E-state index is 0.0500. The van der Waals surface area contributed by atoms with E-state index in [1.54, 1.807) is 62.4 Å². The molecule has 1 unspecified atom stereocenters. The first-order valence-electron chi connectivity index (χ1n) is 18.6. The monoisotopic (exact) mass is 838 g/mol. The van der Waals surface area contributed by atoms with E-state index >= 15 is 0 Å². The number of imide groups is 1. The molecule has 3 aromatic carbocycles. The minimum Gasteiger partial charge on any atom is -0.491 e. The molecular formula is C40H42ClF3N8O5S. The van der Waals surface area contributed by atoms with Gasteiger partial charge in [-0.25, -0.2) is 0 Å². The zero-order valence-corrected chi connectivity index (χ0v) is 33.7. The molecule has 3 heterocycles. The Morgan fingerprint density at radius 2 is 1.72 bits per heavy atom. The zero-order chi connectivity index (χ0) is 42.1. The largest absolute Gasteiger partial charge is 0.491 e. The predicted octanol–water partition coefficient (Wildman–Crippen LogP) is 5.78. The van der Waals surface area contributed by atoms with Gasteiger partial charge in [0.25, 0.3) is 5.91 Å². The third-order valence-corrected chi connectivity index (χ3v) is 11.1.